The van der Waals surface area contributed by atoms with Crippen molar-refractivity contribution < 1.29 is 0 Å². The van der Waals surface area contributed by atoms with Gasteiger partial charge in [-0.3, -0.25) is 4.98 Å². The molecule has 0 amide bonds. The van der Waals surface area contributed by atoms with E-state index in [2.05, 4.69) is 171 Å². The number of rotatable bonds is 4. The van der Waals surface area contributed by atoms with Gasteiger partial charge in [0.1, 0.15) is 0 Å². The van der Waals surface area contributed by atoms with Crippen LogP contribution in [0.25, 0.3) is 44.2 Å². The van der Waals surface area contributed by atoms with Crippen molar-refractivity contribution in [2.24, 2.45) is 0 Å². The van der Waals surface area contributed by atoms with Crippen LogP contribution in [0, 0.1) is 0 Å². The maximum absolute atomic E-state index is 4.41. The van der Waals surface area contributed by atoms with E-state index in [9.17, 15) is 0 Å². The molecular weight excluding hydrogens is 569 g/mol. The first-order valence-corrected chi connectivity index (χ1v) is 16.6. The molecular formula is C45H36N2. The summed E-state index contributed by atoms with van der Waals surface area (Å²) in [5.74, 6) is 0. The standard InChI is InChI=1S/C45H36N2/c1-44(2)36-21-13-11-19-34(36)39-38(30-23-24-31-28-46-26-25-29(31)27-30)40-35-20-12-14-22-37(35)45(3,4)42(40)43(41(39)44)47(32-15-7-5-8-16-32)33-17-9-6-10-18-33/h5-28H,1-4H3. The van der Waals surface area contributed by atoms with Crippen molar-refractivity contribution >= 4 is 27.8 Å². The Morgan fingerprint density at radius 3 is 1.55 bits per heavy atom. The second-order valence-corrected chi connectivity index (χ2v) is 14.0. The van der Waals surface area contributed by atoms with Gasteiger partial charge in [-0.25, -0.2) is 0 Å². The molecule has 2 aliphatic rings. The molecule has 47 heavy (non-hydrogen) atoms. The normalized spacial score (nSPS) is 14.7. The Balaban J connectivity index is 1.53. The average molecular weight is 605 g/mol. The molecule has 0 atom stereocenters. The lowest BCUT2D eigenvalue weighted by Crippen LogP contribution is -2.26. The van der Waals surface area contributed by atoms with Crippen LogP contribution in [0.4, 0.5) is 17.1 Å². The monoisotopic (exact) mass is 604 g/mol. The number of fused-ring (bicyclic) bond motifs is 7. The lowest BCUT2D eigenvalue weighted by Gasteiger charge is -2.38. The number of pyridine rings is 1. The fourth-order valence-corrected chi connectivity index (χ4v) is 8.57. The highest BCUT2D eigenvalue weighted by Gasteiger charge is 2.48. The predicted molar refractivity (Wildman–Crippen MR) is 197 cm³/mol. The van der Waals surface area contributed by atoms with Gasteiger partial charge in [-0.1, -0.05) is 125 Å². The summed E-state index contributed by atoms with van der Waals surface area (Å²) < 4.78 is 0. The van der Waals surface area contributed by atoms with Gasteiger partial charge in [0.2, 0.25) is 0 Å². The van der Waals surface area contributed by atoms with E-state index >= 15 is 0 Å². The summed E-state index contributed by atoms with van der Waals surface area (Å²) >= 11 is 0. The van der Waals surface area contributed by atoms with Crippen LogP contribution in [0.2, 0.25) is 0 Å². The van der Waals surface area contributed by atoms with Gasteiger partial charge in [0.15, 0.2) is 0 Å². The summed E-state index contributed by atoms with van der Waals surface area (Å²) in [7, 11) is 0. The first kappa shape index (κ1) is 27.8. The zero-order chi connectivity index (χ0) is 31.9. The van der Waals surface area contributed by atoms with E-state index in [0.29, 0.717) is 0 Å². The molecule has 0 fully saturated rings. The van der Waals surface area contributed by atoms with Crippen LogP contribution in [-0.4, -0.2) is 4.98 Å². The van der Waals surface area contributed by atoms with Crippen LogP contribution in [0.1, 0.15) is 49.9 Å². The van der Waals surface area contributed by atoms with Crippen LogP contribution in [0.15, 0.2) is 146 Å². The Kier molecular flexibility index (Phi) is 5.92. The summed E-state index contributed by atoms with van der Waals surface area (Å²) in [6, 6.07) is 49.1. The van der Waals surface area contributed by atoms with Crippen molar-refractivity contribution in [3.63, 3.8) is 0 Å². The van der Waals surface area contributed by atoms with E-state index in [1.54, 1.807) is 0 Å². The van der Waals surface area contributed by atoms with Crippen LogP contribution >= 0.6 is 0 Å². The van der Waals surface area contributed by atoms with Crippen LogP contribution in [-0.2, 0) is 10.8 Å². The van der Waals surface area contributed by atoms with E-state index in [4.69, 9.17) is 0 Å². The molecule has 0 saturated heterocycles. The highest BCUT2D eigenvalue weighted by Crippen LogP contribution is 2.66. The van der Waals surface area contributed by atoms with Gasteiger partial charge in [-0.15, -0.1) is 0 Å². The number of hydrogen-bond acceptors (Lipinski definition) is 2. The molecule has 9 rings (SSSR count). The molecule has 1 heterocycles. The minimum Gasteiger partial charge on any atom is -0.310 e. The molecule has 0 unspecified atom stereocenters. The van der Waals surface area contributed by atoms with Gasteiger partial charge in [0.05, 0.1) is 5.69 Å². The Labute approximate surface area is 277 Å². The quantitative estimate of drug-likeness (QED) is 0.199. The average Bonchev–Trinajstić information content (AvgIpc) is 3.49. The van der Waals surface area contributed by atoms with Crippen LogP contribution in [0.5, 0.6) is 0 Å². The zero-order valence-corrected chi connectivity index (χ0v) is 27.3. The Hall–Kier alpha value is -5.47. The van der Waals surface area contributed by atoms with E-state index in [0.717, 1.165) is 16.8 Å². The molecule has 0 radical (unpaired) electrons. The van der Waals surface area contributed by atoms with Crippen molar-refractivity contribution in [1.29, 1.82) is 0 Å². The SMILES string of the molecule is CC1(C)c2ccccc2-c2c(-c3ccc4cnccc4c3)c3c(c(N(c4ccccc4)c4ccccc4)c21)C(C)(C)c1ccccc1-3. The van der Waals surface area contributed by atoms with E-state index in [1.807, 2.05) is 12.4 Å². The van der Waals surface area contributed by atoms with Gasteiger partial charge >= 0.3 is 0 Å². The first-order chi connectivity index (χ1) is 22.9. The zero-order valence-electron chi connectivity index (χ0n) is 27.3. The van der Waals surface area contributed by atoms with E-state index < -0.39 is 0 Å². The van der Waals surface area contributed by atoms with Crippen LogP contribution in [0.3, 0.4) is 0 Å². The topological polar surface area (TPSA) is 16.1 Å². The van der Waals surface area contributed by atoms with E-state index in [-0.39, 0.29) is 10.8 Å². The second-order valence-electron chi connectivity index (χ2n) is 14.0. The highest BCUT2D eigenvalue weighted by molar-refractivity contribution is 6.10. The molecule has 7 aromatic rings. The van der Waals surface area contributed by atoms with Crippen LogP contribution < -0.4 is 4.90 Å². The van der Waals surface area contributed by atoms with Crippen molar-refractivity contribution in [2.45, 2.75) is 38.5 Å². The summed E-state index contributed by atoms with van der Waals surface area (Å²) in [6.45, 7) is 9.69. The maximum atomic E-state index is 4.41. The molecule has 1 aromatic heterocycles. The summed E-state index contributed by atoms with van der Waals surface area (Å²) in [4.78, 5) is 6.95. The molecule has 2 heteroatoms. The fraction of sp³-hybridized carbons (Fsp3) is 0.133. The number of benzene rings is 6. The third-order valence-electron chi connectivity index (χ3n) is 10.6. The second kappa shape index (κ2) is 10.0. The van der Waals surface area contributed by atoms with Gasteiger partial charge in [0, 0.05) is 40.0 Å². The Morgan fingerprint density at radius 1 is 0.489 bits per heavy atom. The van der Waals surface area contributed by atoms with Gasteiger partial charge in [-0.05, 0) is 97.4 Å². The molecule has 0 aliphatic heterocycles. The lowest BCUT2D eigenvalue weighted by atomic mass is 9.73. The van der Waals surface area contributed by atoms with Crippen molar-refractivity contribution in [3.05, 3.63) is 168 Å². The third-order valence-corrected chi connectivity index (χ3v) is 10.6. The number of hydrogen-bond donors (Lipinski definition) is 0. The number of para-hydroxylation sites is 2. The smallest absolute Gasteiger partial charge is 0.0556 e. The lowest BCUT2D eigenvalue weighted by molar-refractivity contribution is 0.640. The minimum absolute atomic E-state index is 0.252. The summed E-state index contributed by atoms with van der Waals surface area (Å²) in [5, 5.41) is 2.36. The van der Waals surface area contributed by atoms with Gasteiger partial charge < -0.3 is 4.90 Å². The largest absolute Gasteiger partial charge is 0.310 e. The number of aromatic nitrogens is 1. The molecule has 6 aromatic carbocycles. The van der Waals surface area contributed by atoms with Crippen molar-refractivity contribution in [1.82, 2.24) is 4.98 Å². The summed E-state index contributed by atoms with van der Waals surface area (Å²) in [6.07, 6.45) is 3.87. The highest BCUT2D eigenvalue weighted by atomic mass is 15.2. The first-order valence-electron chi connectivity index (χ1n) is 16.6. The molecule has 226 valence electrons. The Morgan fingerprint density at radius 2 is 1.00 bits per heavy atom. The van der Waals surface area contributed by atoms with Crippen molar-refractivity contribution in [2.75, 3.05) is 4.90 Å². The summed E-state index contributed by atoms with van der Waals surface area (Å²) in [5.41, 5.74) is 16.5. The molecule has 2 nitrogen and oxygen atoms in total. The number of anilines is 3. The van der Waals surface area contributed by atoms with Crippen molar-refractivity contribution in [3.8, 4) is 33.4 Å². The molecule has 2 aliphatic carbocycles. The molecule has 0 bridgehead atoms. The predicted octanol–water partition coefficient (Wildman–Crippen LogP) is 12.0. The molecule has 0 N–H and O–H groups in total. The molecule has 0 saturated carbocycles. The van der Waals surface area contributed by atoms with E-state index in [1.165, 1.54) is 66.7 Å². The van der Waals surface area contributed by atoms with Gasteiger partial charge in [-0.2, -0.15) is 0 Å². The Bertz CT molecular complexity index is 2220. The third kappa shape index (κ3) is 3.88. The molecule has 0 spiro atoms. The van der Waals surface area contributed by atoms with Gasteiger partial charge in [0.25, 0.3) is 0 Å². The minimum atomic E-state index is -0.252. The number of nitrogens with zero attached hydrogens (tertiary/aromatic N) is 2. The maximum Gasteiger partial charge on any atom is 0.0556 e. The fourth-order valence-electron chi connectivity index (χ4n) is 8.57.